The molecule has 0 bridgehead atoms. The molecule has 0 radical (unpaired) electrons. The second-order valence-corrected chi connectivity index (χ2v) is 6.87. The van der Waals surface area contributed by atoms with E-state index < -0.39 is 15.2 Å². The van der Waals surface area contributed by atoms with Crippen molar-refractivity contribution in [1.29, 1.82) is 0 Å². The molecule has 1 unspecified atom stereocenters. The maximum atomic E-state index is 11.9. The van der Waals surface area contributed by atoms with Crippen molar-refractivity contribution in [1.82, 2.24) is 9.78 Å². The van der Waals surface area contributed by atoms with Gasteiger partial charge in [-0.15, -0.1) is 0 Å². The minimum absolute atomic E-state index is 0.280. The van der Waals surface area contributed by atoms with E-state index in [2.05, 4.69) is 5.10 Å². The van der Waals surface area contributed by atoms with Gasteiger partial charge in [0.15, 0.2) is 15.2 Å². The Kier molecular flexibility index (Phi) is 3.27. The van der Waals surface area contributed by atoms with E-state index in [0.29, 0.717) is 13.0 Å². The highest BCUT2D eigenvalue weighted by molar-refractivity contribution is 7.91. The molecular formula is C11H19N3O2S. The van der Waals surface area contributed by atoms with Gasteiger partial charge in [-0.05, 0) is 45.2 Å². The molecule has 1 aromatic heterocycles. The van der Waals surface area contributed by atoms with Gasteiger partial charge in [-0.2, -0.15) is 5.10 Å². The van der Waals surface area contributed by atoms with Crippen molar-refractivity contribution in [3.05, 3.63) is 17.0 Å². The van der Waals surface area contributed by atoms with Crippen LogP contribution in [0.4, 0.5) is 0 Å². The molecule has 1 aromatic rings. The Bertz CT molecular complexity index is 519. The van der Waals surface area contributed by atoms with Gasteiger partial charge in [0.2, 0.25) is 0 Å². The molecule has 1 aliphatic rings. The Hall–Kier alpha value is -0.880. The molecular weight excluding hydrogens is 238 g/mol. The van der Waals surface area contributed by atoms with Crippen LogP contribution in [0.1, 0.15) is 35.2 Å². The van der Waals surface area contributed by atoms with Gasteiger partial charge in [-0.25, -0.2) is 8.42 Å². The number of nitrogens with zero attached hydrogens (tertiary/aromatic N) is 2. The summed E-state index contributed by atoms with van der Waals surface area (Å²) in [6.07, 6.45) is 2.16. The first-order valence-electron chi connectivity index (χ1n) is 5.93. The summed E-state index contributed by atoms with van der Waals surface area (Å²) in [6.45, 7) is 4.40. The lowest BCUT2D eigenvalue weighted by Crippen LogP contribution is -2.18. The Labute approximate surface area is 102 Å². The average Bonchev–Trinajstić information content (AvgIpc) is 2.72. The predicted octanol–water partition coefficient (Wildman–Crippen LogP) is 0.708. The fourth-order valence-corrected chi connectivity index (χ4v) is 4.41. The van der Waals surface area contributed by atoms with E-state index in [1.54, 1.807) is 4.68 Å². The third-order valence-corrected chi connectivity index (χ3v) is 5.56. The first-order valence-corrected chi connectivity index (χ1v) is 7.65. The van der Waals surface area contributed by atoms with Crippen molar-refractivity contribution in [2.45, 2.75) is 38.5 Å². The van der Waals surface area contributed by atoms with Crippen molar-refractivity contribution in [3.8, 4) is 0 Å². The predicted molar refractivity (Wildman–Crippen MR) is 66.5 cm³/mol. The Morgan fingerprint density at radius 3 is 2.71 bits per heavy atom. The van der Waals surface area contributed by atoms with Gasteiger partial charge in [-0.3, -0.25) is 4.68 Å². The highest BCUT2D eigenvalue weighted by atomic mass is 32.2. The summed E-state index contributed by atoms with van der Waals surface area (Å²) in [5.74, 6) is 0.280. The molecule has 0 aromatic carbocycles. The van der Waals surface area contributed by atoms with Gasteiger partial charge in [0.05, 0.1) is 11.4 Å². The van der Waals surface area contributed by atoms with Crippen LogP contribution in [0, 0.1) is 13.8 Å². The van der Waals surface area contributed by atoms with Gasteiger partial charge >= 0.3 is 0 Å². The SMILES string of the molecule is Cc1nn(C2CCCS2(=O)=O)c(C)c1CCN. The molecule has 1 aliphatic heterocycles. The number of hydrogen-bond acceptors (Lipinski definition) is 4. The summed E-state index contributed by atoms with van der Waals surface area (Å²) in [6, 6.07) is 0. The first kappa shape index (κ1) is 12.6. The van der Waals surface area contributed by atoms with Crippen LogP contribution in [0.2, 0.25) is 0 Å². The standard InChI is InChI=1S/C11H19N3O2S/c1-8-10(5-6-12)9(2)14(13-8)11-4-3-7-17(11,15)16/h11H,3-7,12H2,1-2H3. The maximum Gasteiger partial charge on any atom is 0.173 e. The summed E-state index contributed by atoms with van der Waals surface area (Å²) >= 11 is 0. The molecule has 1 saturated heterocycles. The molecule has 0 amide bonds. The molecule has 0 aliphatic carbocycles. The molecule has 1 atom stereocenters. The van der Waals surface area contributed by atoms with E-state index in [1.807, 2.05) is 13.8 Å². The normalized spacial score (nSPS) is 23.1. The Morgan fingerprint density at radius 1 is 1.47 bits per heavy atom. The van der Waals surface area contributed by atoms with Crippen LogP contribution in [0.25, 0.3) is 0 Å². The van der Waals surface area contributed by atoms with E-state index in [0.717, 1.165) is 29.8 Å². The second kappa shape index (κ2) is 4.42. The Morgan fingerprint density at radius 2 is 2.18 bits per heavy atom. The van der Waals surface area contributed by atoms with Gasteiger partial charge in [0, 0.05) is 5.69 Å². The first-order chi connectivity index (χ1) is 7.97. The fraction of sp³-hybridized carbons (Fsp3) is 0.727. The third kappa shape index (κ3) is 2.11. The number of rotatable bonds is 3. The number of nitrogens with two attached hydrogens (primary N) is 1. The zero-order valence-electron chi connectivity index (χ0n) is 10.3. The summed E-state index contributed by atoms with van der Waals surface area (Å²) in [4.78, 5) is 0. The number of aromatic nitrogens is 2. The molecule has 0 spiro atoms. The van der Waals surface area contributed by atoms with Gasteiger partial charge in [0.25, 0.3) is 0 Å². The van der Waals surface area contributed by atoms with Gasteiger partial charge in [0.1, 0.15) is 0 Å². The average molecular weight is 257 g/mol. The Balaban J connectivity index is 2.43. The monoisotopic (exact) mass is 257 g/mol. The molecule has 2 heterocycles. The van der Waals surface area contributed by atoms with Crippen molar-refractivity contribution in [2.24, 2.45) is 5.73 Å². The van der Waals surface area contributed by atoms with Crippen LogP contribution < -0.4 is 5.73 Å². The zero-order valence-corrected chi connectivity index (χ0v) is 11.1. The maximum absolute atomic E-state index is 11.9. The number of hydrogen-bond donors (Lipinski definition) is 1. The van der Waals surface area contributed by atoms with Crippen molar-refractivity contribution >= 4 is 9.84 Å². The van der Waals surface area contributed by atoms with E-state index in [9.17, 15) is 8.42 Å². The van der Waals surface area contributed by atoms with Crippen molar-refractivity contribution in [2.75, 3.05) is 12.3 Å². The lowest BCUT2D eigenvalue weighted by atomic mass is 10.1. The molecule has 2 N–H and O–H groups in total. The second-order valence-electron chi connectivity index (χ2n) is 4.60. The fourth-order valence-electron chi connectivity index (χ4n) is 2.53. The van der Waals surface area contributed by atoms with Crippen LogP contribution >= 0.6 is 0 Å². The molecule has 6 heteroatoms. The van der Waals surface area contributed by atoms with Crippen LogP contribution in [-0.4, -0.2) is 30.5 Å². The molecule has 96 valence electrons. The largest absolute Gasteiger partial charge is 0.330 e. The van der Waals surface area contributed by atoms with E-state index in [1.165, 1.54) is 0 Å². The molecule has 2 rings (SSSR count). The lowest BCUT2D eigenvalue weighted by molar-refractivity contribution is 0.516. The van der Waals surface area contributed by atoms with Gasteiger partial charge < -0.3 is 5.73 Å². The van der Waals surface area contributed by atoms with E-state index in [-0.39, 0.29) is 5.75 Å². The van der Waals surface area contributed by atoms with Crippen LogP contribution in [0.15, 0.2) is 0 Å². The third-order valence-electron chi connectivity index (χ3n) is 3.44. The minimum Gasteiger partial charge on any atom is -0.330 e. The zero-order chi connectivity index (χ0) is 12.6. The minimum atomic E-state index is -3.01. The lowest BCUT2D eigenvalue weighted by Gasteiger charge is -2.12. The van der Waals surface area contributed by atoms with E-state index >= 15 is 0 Å². The van der Waals surface area contributed by atoms with Crippen molar-refractivity contribution in [3.63, 3.8) is 0 Å². The van der Waals surface area contributed by atoms with Crippen molar-refractivity contribution < 1.29 is 8.42 Å². The molecule has 5 nitrogen and oxygen atoms in total. The highest BCUT2D eigenvalue weighted by Crippen LogP contribution is 2.31. The van der Waals surface area contributed by atoms with Crippen LogP contribution in [0.3, 0.4) is 0 Å². The molecule has 17 heavy (non-hydrogen) atoms. The summed E-state index contributed by atoms with van der Waals surface area (Å²) in [7, 11) is -3.01. The highest BCUT2D eigenvalue weighted by Gasteiger charge is 2.34. The van der Waals surface area contributed by atoms with Crippen LogP contribution in [0.5, 0.6) is 0 Å². The quantitative estimate of drug-likeness (QED) is 0.865. The summed E-state index contributed by atoms with van der Waals surface area (Å²) in [5, 5.41) is 3.92. The number of aryl methyl sites for hydroxylation is 1. The smallest absolute Gasteiger partial charge is 0.173 e. The number of sulfone groups is 1. The molecule has 0 saturated carbocycles. The topological polar surface area (TPSA) is 78.0 Å². The van der Waals surface area contributed by atoms with Crippen LogP contribution in [-0.2, 0) is 16.3 Å². The van der Waals surface area contributed by atoms with Gasteiger partial charge in [-0.1, -0.05) is 0 Å². The summed E-state index contributed by atoms with van der Waals surface area (Å²) in [5.41, 5.74) is 8.50. The summed E-state index contributed by atoms with van der Waals surface area (Å²) < 4.78 is 25.5. The molecule has 1 fully saturated rings. The van der Waals surface area contributed by atoms with E-state index in [4.69, 9.17) is 5.73 Å².